The average Bonchev–Trinajstić information content (AvgIpc) is 2.23. The van der Waals surface area contributed by atoms with Gasteiger partial charge in [0.25, 0.3) is 0 Å². The van der Waals surface area contributed by atoms with Crippen LogP contribution in [0, 0.1) is 5.92 Å². The standard InChI is InChI=1S/C11H26N2O3S/c1-9(2)12-7-11(4)17(14,15)13-6-10(3)8-16-5/h9-13H,6-8H2,1-5H3. The van der Waals surface area contributed by atoms with Crippen LogP contribution < -0.4 is 10.0 Å². The van der Waals surface area contributed by atoms with Gasteiger partial charge in [-0.2, -0.15) is 0 Å². The zero-order chi connectivity index (χ0) is 13.5. The minimum atomic E-state index is -3.24. The SMILES string of the molecule is COCC(C)CNS(=O)(=O)C(C)CNC(C)C. The molecule has 0 saturated heterocycles. The van der Waals surface area contributed by atoms with Crippen molar-refractivity contribution in [3.63, 3.8) is 0 Å². The predicted octanol–water partition coefficient (Wildman–Crippen LogP) is 0.575. The molecular formula is C11H26N2O3S. The largest absolute Gasteiger partial charge is 0.384 e. The van der Waals surface area contributed by atoms with Crippen molar-refractivity contribution in [3.05, 3.63) is 0 Å². The van der Waals surface area contributed by atoms with Crippen molar-refractivity contribution >= 4 is 10.0 Å². The van der Waals surface area contributed by atoms with Crippen LogP contribution >= 0.6 is 0 Å². The van der Waals surface area contributed by atoms with E-state index < -0.39 is 15.3 Å². The second kappa shape index (κ2) is 8.02. The Kier molecular flexibility index (Phi) is 7.94. The summed E-state index contributed by atoms with van der Waals surface area (Å²) in [4.78, 5) is 0. The van der Waals surface area contributed by atoms with E-state index >= 15 is 0 Å². The summed E-state index contributed by atoms with van der Waals surface area (Å²) in [5, 5.41) is 2.69. The third kappa shape index (κ3) is 7.70. The lowest BCUT2D eigenvalue weighted by atomic mass is 10.2. The van der Waals surface area contributed by atoms with E-state index in [0.29, 0.717) is 25.7 Å². The lowest BCUT2D eigenvalue weighted by Crippen LogP contribution is -2.42. The number of nitrogens with one attached hydrogen (secondary N) is 2. The smallest absolute Gasteiger partial charge is 0.215 e. The van der Waals surface area contributed by atoms with Gasteiger partial charge >= 0.3 is 0 Å². The lowest BCUT2D eigenvalue weighted by Gasteiger charge is -2.18. The topological polar surface area (TPSA) is 67.4 Å². The highest BCUT2D eigenvalue weighted by molar-refractivity contribution is 7.90. The van der Waals surface area contributed by atoms with Gasteiger partial charge in [0.15, 0.2) is 0 Å². The summed E-state index contributed by atoms with van der Waals surface area (Å²) >= 11 is 0. The van der Waals surface area contributed by atoms with E-state index in [1.54, 1.807) is 14.0 Å². The molecule has 0 aliphatic heterocycles. The van der Waals surface area contributed by atoms with Crippen molar-refractivity contribution in [2.45, 2.75) is 39.0 Å². The van der Waals surface area contributed by atoms with Crippen LogP contribution in [0.2, 0.25) is 0 Å². The van der Waals surface area contributed by atoms with Crippen molar-refractivity contribution in [2.24, 2.45) is 5.92 Å². The Bertz CT molecular complexity index is 291. The van der Waals surface area contributed by atoms with Crippen molar-refractivity contribution < 1.29 is 13.2 Å². The summed E-state index contributed by atoms with van der Waals surface area (Å²) in [6.07, 6.45) is 0. The highest BCUT2D eigenvalue weighted by Gasteiger charge is 2.20. The van der Waals surface area contributed by atoms with Gasteiger partial charge in [-0.25, -0.2) is 13.1 Å². The summed E-state index contributed by atoms with van der Waals surface area (Å²) < 4.78 is 31.3. The highest BCUT2D eigenvalue weighted by Crippen LogP contribution is 2.00. The Morgan fingerprint density at radius 1 is 1.12 bits per heavy atom. The molecule has 0 amide bonds. The molecule has 0 aromatic heterocycles. The fourth-order valence-electron chi connectivity index (χ4n) is 1.26. The Morgan fingerprint density at radius 3 is 2.18 bits per heavy atom. The average molecular weight is 266 g/mol. The molecule has 0 aliphatic carbocycles. The lowest BCUT2D eigenvalue weighted by molar-refractivity contribution is 0.161. The molecule has 5 nitrogen and oxygen atoms in total. The fraction of sp³-hybridized carbons (Fsp3) is 1.00. The second-order valence-corrected chi connectivity index (χ2v) is 7.01. The summed E-state index contributed by atoms with van der Waals surface area (Å²) in [5.41, 5.74) is 0. The van der Waals surface area contributed by atoms with Gasteiger partial charge in [-0.1, -0.05) is 20.8 Å². The molecule has 0 radical (unpaired) electrons. The number of hydrogen-bond donors (Lipinski definition) is 2. The Balaban J connectivity index is 4.09. The molecule has 0 rings (SSSR count). The molecule has 0 aromatic rings. The number of hydrogen-bond acceptors (Lipinski definition) is 4. The molecule has 0 saturated carbocycles. The first-order valence-corrected chi connectivity index (χ1v) is 7.55. The molecule has 0 aliphatic rings. The first kappa shape index (κ1) is 16.8. The monoisotopic (exact) mass is 266 g/mol. The van der Waals surface area contributed by atoms with E-state index in [1.807, 2.05) is 20.8 Å². The van der Waals surface area contributed by atoms with Crippen molar-refractivity contribution in [1.82, 2.24) is 10.0 Å². The maximum Gasteiger partial charge on any atom is 0.215 e. The maximum atomic E-state index is 11.9. The molecule has 104 valence electrons. The summed E-state index contributed by atoms with van der Waals surface area (Å²) in [6, 6.07) is 0.292. The predicted molar refractivity (Wildman–Crippen MR) is 70.6 cm³/mol. The van der Waals surface area contributed by atoms with Gasteiger partial charge in [-0.3, -0.25) is 0 Å². The first-order valence-electron chi connectivity index (χ1n) is 6.00. The van der Waals surface area contributed by atoms with Crippen LogP contribution in [0.5, 0.6) is 0 Å². The number of methoxy groups -OCH3 is 1. The third-order valence-corrected chi connectivity index (χ3v) is 4.22. The van der Waals surface area contributed by atoms with Crippen molar-refractivity contribution in [1.29, 1.82) is 0 Å². The summed E-state index contributed by atoms with van der Waals surface area (Å²) in [6.45, 7) is 9.08. The molecule has 17 heavy (non-hydrogen) atoms. The van der Waals surface area contributed by atoms with Crippen LogP contribution in [0.4, 0.5) is 0 Å². The van der Waals surface area contributed by atoms with Crippen molar-refractivity contribution in [3.8, 4) is 0 Å². The van der Waals surface area contributed by atoms with Gasteiger partial charge in [0.1, 0.15) is 0 Å². The van der Waals surface area contributed by atoms with Crippen LogP contribution in [0.15, 0.2) is 0 Å². The van der Waals surface area contributed by atoms with Crippen LogP contribution in [-0.4, -0.2) is 46.5 Å². The number of rotatable bonds is 9. The zero-order valence-electron chi connectivity index (χ0n) is 11.5. The first-order chi connectivity index (χ1) is 7.79. The van der Waals surface area contributed by atoms with Gasteiger partial charge < -0.3 is 10.1 Å². The molecule has 0 aromatic carbocycles. The van der Waals surface area contributed by atoms with E-state index in [4.69, 9.17) is 4.74 Å². The number of sulfonamides is 1. The minimum absolute atomic E-state index is 0.181. The van der Waals surface area contributed by atoms with Crippen LogP contribution in [-0.2, 0) is 14.8 Å². The van der Waals surface area contributed by atoms with Crippen molar-refractivity contribution in [2.75, 3.05) is 26.8 Å². The van der Waals surface area contributed by atoms with Gasteiger partial charge in [-0.05, 0) is 12.8 Å². The van der Waals surface area contributed by atoms with E-state index in [9.17, 15) is 8.42 Å². The molecule has 2 atom stereocenters. The summed E-state index contributed by atoms with van der Waals surface area (Å²) in [7, 11) is -1.63. The molecule has 0 fully saturated rings. The molecule has 2 unspecified atom stereocenters. The van der Waals surface area contributed by atoms with Crippen LogP contribution in [0.25, 0.3) is 0 Å². The van der Waals surface area contributed by atoms with Gasteiger partial charge in [0.05, 0.1) is 5.25 Å². The third-order valence-electron chi connectivity index (χ3n) is 2.43. The molecule has 0 spiro atoms. The summed E-state index contributed by atoms with van der Waals surface area (Å²) in [5.74, 6) is 0.181. The molecule has 0 heterocycles. The molecular weight excluding hydrogens is 240 g/mol. The van der Waals surface area contributed by atoms with Crippen LogP contribution in [0.3, 0.4) is 0 Å². The van der Waals surface area contributed by atoms with Gasteiger partial charge in [0.2, 0.25) is 10.0 Å². The Morgan fingerprint density at radius 2 is 1.71 bits per heavy atom. The second-order valence-electron chi connectivity index (χ2n) is 4.83. The minimum Gasteiger partial charge on any atom is -0.384 e. The number of ether oxygens (including phenoxy) is 1. The molecule has 6 heteroatoms. The Labute approximate surface area is 105 Å². The van der Waals surface area contributed by atoms with Crippen LogP contribution in [0.1, 0.15) is 27.7 Å². The van der Waals surface area contributed by atoms with Gasteiger partial charge in [0, 0.05) is 32.8 Å². The zero-order valence-corrected chi connectivity index (χ0v) is 12.3. The van der Waals surface area contributed by atoms with E-state index in [-0.39, 0.29) is 5.92 Å². The van der Waals surface area contributed by atoms with Gasteiger partial charge in [-0.15, -0.1) is 0 Å². The van der Waals surface area contributed by atoms with E-state index in [2.05, 4.69) is 10.0 Å². The normalized spacial score (nSPS) is 16.1. The maximum absolute atomic E-state index is 11.9. The quantitative estimate of drug-likeness (QED) is 0.640. The molecule has 2 N–H and O–H groups in total. The van der Waals surface area contributed by atoms with E-state index in [1.165, 1.54) is 0 Å². The Hall–Kier alpha value is -0.170. The fourth-order valence-corrected chi connectivity index (χ4v) is 2.37. The van der Waals surface area contributed by atoms with E-state index in [0.717, 1.165) is 0 Å². The highest BCUT2D eigenvalue weighted by atomic mass is 32.2. The molecule has 0 bridgehead atoms.